The van der Waals surface area contributed by atoms with Gasteiger partial charge < -0.3 is 20.1 Å². The van der Waals surface area contributed by atoms with Crippen LogP contribution in [0.2, 0.25) is 0 Å². The average molecular weight is 428 g/mol. The number of ether oxygens (including phenoxy) is 1. The van der Waals surface area contributed by atoms with Crippen molar-refractivity contribution in [3.8, 4) is 0 Å². The first-order valence-electron chi connectivity index (χ1n) is 10.8. The molecule has 2 heterocycles. The maximum absolute atomic E-state index is 13.3. The maximum atomic E-state index is 13.3. The van der Waals surface area contributed by atoms with E-state index in [4.69, 9.17) is 4.74 Å². The lowest BCUT2D eigenvalue weighted by atomic mass is 9.72. The number of carbonyl (C=O) groups excluding carboxylic acids is 3. The number of carbonyl (C=O) groups is 3. The van der Waals surface area contributed by atoms with Gasteiger partial charge in [-0.05, 0) is 38.1 Å². The Bertz CT molecular complexity index is 959. The van der Waals surface area contributed by atoms with Gasteiger partial charge in [-0.2, -0.15) is 0 Å². The van der Waals surface area contributed by atoms with Gasteiger partial charge in [-0.1, -0.05) is 18.2 Å². The molecule has 0 bridgehead atoms. The maximum Gasteiger partial charge on any atom is 0.307 e. The molecule has 8 nitrogen and oxygen atoms in total. The van der Waals surface area contributed by atoms with E-state index >= 15 is 0 Å². The number of benzene rings is 1. The standard InChI is InChI=1S/C23H29N3O5/c1-4-26(10-9-19(27)31-5-2)21(28)14-11-16-15-7-6-8-17-20(15)23(30,22(29)24-17)12-18(16)25(3)13-14/h6-8,11,14,18,30H,4-5,9-10,12-13H2,1-3H3,(H,24,29). The van der Waals surface area contributed by atoms with Crippen molar-refractivity contribution in [1.82, 2.24) is 9.80 Å². The van der Waals surface area contributed by atoms with Crippen LogP contribution >= 0.6 is 0 Å². The van der Waals surface area contributed by atoms with Crippen LogP contribution in [0, 0.1) is 5.92 Å². The SMILES string of the molecule is CCOC(=O)CCN(CC)C(=O)C1C=C2c3cccc4c3C(O)(CC2N(C)C1)C(=O)N4. The van der Waals surface area contributed by atoms with E-state index in [0.717, 1.165) is 11.1 Å². The van der Waals surface area contributed by atoms with Crippen molar-refractivity contribution in [2.45, 2.75) is 38.3 Å². The van der Waals surface area contributed by atoms with E-state index in [2.05, 4.69) is 5.32 Å². The van der Waals surface area contributed by atoms with E-state index in [0.29, 0.717) is 37.5 Å². The van der Waals surface area contributed by atoms with Crippen molar-refractivity contribution in [2.24, 2.45) is 5.92 Å². The topological polar surface area (TPSA) is 99.2 Å². The Labute approximate surface area is 181 Å². The van der Waals surface area contributed by atoms with Crippen LogP contribution in [0.5, 0.6) is 0 Å². The minimum absolute atomic E-state index is 0.0350. The van der Waals surface area contributed by atoms with E-state index in [1.54, 1.807) is 17.9 Å². The minimum Gasteiger partial charge on any atom is -0.466 e. The van der Waals surface area contributed by atoms with E-state index in [1.165, 1.54) is 0 Å². The number of fused-ring (bicyclic) bond motifs is 2. The van der Waals surface area contributed by atoms with Gasteiger partial charge in [0.25, 0.3) is 5.91 Å². The molecule has 1 aromatic carbocycles. The van der Waals surface area contributed by atoms with Gasteiger partial charge in [0, 0.05) is 43.3 Å². The lowest BCUT2D eigenvalue weighted by Crippen LogP contribution is -2.52. The molecule has 0 radical (unpaired) electrons. The van der Waals surface area contributed by atoms with Crippen molar-refractivity contribution in [3.05, 3.63) is 35.4 Å². The predicted molar refractivity (Wildman–Crippen MR) is 115 cm³/mol. The summed E-state index contributed by atoms with van der Waals surface area (Å²) >= 11 is 0. The monoisotopic (exact) mass is 427 g/mol. The van der Waals surface area contributed by atoms with Crippen molar-refractivity contribution < 1.29 is 24.2 Å². The minimum atomic E-state index is -1.55. The Balaban J connectivity index is 1.63. The summed E-state index contributed by atoms with van der Waals surface area (Å²) in [6, 6.07) is 5.39. The van der Waals surface area contributed by atoms with E-state index in [-0.39, 0.29) is 36.7 Å². The summed E-state index contributed by atoms with van der Waals surface area (Å²) in [5.74, 6) is -1.11. The molecule has 0 saturated carbocycles. The fourth-order valence-electron chi connectivity index (χ4n) is 5.01. The first kappa shape index (κ1) is 21.5. The zero-order valence-electron chi connectivity index (χ0n) is 18.2. The summed E-state index contributed by atoms with van der Waals surface area (Å²) in [6.07, 6.45) is 2.41. The fraction of sp³-hybridized carbons (Fsp3) is 0.522. The largest absolute Gasteiger partial charge is 0.466 e. The van der Waals surface area contributed by atoms with Gasteiger partial charge in [0.15, 0.2) is 5.60 Å². The highest BCUT2D eigenvalue weighted by Crippen LogP contribution is 2.51. The smallest absolute Gasteiger partial charge is 0.307 e. The number of likely N-dealkylation sites (N-methyl/N-ethyl adjacent to an activating group) is 1. The highest BCUT2D eigenvalue weighted by atomic mass is 16.5. The number of nitrogens with zero attached hydrogens (tertiary/aromatic N) is 2. The Kier molecular flexibility index (Phi) is 5.61. The summed E-state index contributed by atoms with van der Waals surface area (Å²) in [6.45, 7) is 5.29. The van der Waals surface area contributed by atoms with Crippen LogP contribution < -0.4 is 5.32 Å². The molecule has 0 aromatic heterocycles. The number of esters is 1. The summed E-state index contributed by atoms with van der Waals surface area (Å²) in [5, 5.41) is 14.0. The molecule has 0 fully saturated rings. The van der Waals surface area contributed by atoms with Gasteiger partial charge in [-0.3, -0.25) is 19.3 Å². The first-order valence-corrected chi connectivity index (χ1v) is 10.8. The highest BCUT2D eigenvalue weighted by molar-refractivity contribution is 6.08. The van der Waals surface area contributed by atoms with Crippen LogP contribution in [-0.4, -0.2) is 72.0 Å². The second-order valence-electron chi connectivity index (χ2n) is 8.40. The van der Waals surface area contributed by atoms with Gasteiger partial charge in [0.05, 0.1) is 18.9 Å². The third-order valence-electron chi connectivity index (χ3n) is 6.56. The lowest BCUT2D eigenvalue weighted by molar-refractivity contribution is -0.144. The molecule has 0 saturated heterocycles. The van der Waals surface area contributed by atoms with Crippen molar-refractivity contribution in [3.63, 3.8) is 0 Å². The molecule has 4 rings (SSSR count). The second-order valence-corrected chi connectivity index (χ2v) is 8.40. The molecule has 8 heteroatoms. The van der Waals surface area contributed by atoms with E-state index in [9.17, 15) is 19.5 Å². The molecule has 0 spiro atoms. The van der Waals surface area contributed by atoms with Crippen molar-refractivity contribution >= 4 is 29.0 Å². The predicted octanol–water partition coefficient (Wildman–Crippen LogP) is 1.35. The zero-order chi connectivity index (χ0) is 22.3. The van der Waals surface area contributed by atoms with Crippen molar-refractivity contribution in [1.29, 1.82) is 0 Å². The van der Waals surface area contributed by atoms with Crippen LogP contribution in [0.4, 0.5) is 5.69 Å². The number of amides is 2. The molecule has 3 aliphatic rings. The third kappa shape index (κ3) is 3.53. The summed E-state index contributed by atoms with van der Waals surface area (Å²) in [7, 11) is 1.91. The van der Waals surface area contributed by atoms with Gasteiger partial charge in [-0.15, -0.1) is 0 Å². The van der Waals surface area contributed by atoms with Crippen LogP contribution in [0.25, 0.3) is 5.57 Å². The number of anilines is 1. The molecule has 3 unspecified atom stereocenters. The molecule has 166 valence electrons. The summed E-state index contributed by atoms with van der Waals surface area (Å²) in [4.78, 5) is 41.3. The number of aliphatic hydroxyl groups is 1. The molecule has 1 aromatic rings. The number of hydrogen-bond acceptors (Lipinski definition) is 6. The molecular weight excluding hydrogens is 398 g/mol. The molecule has 2 N–H and O–H groups in total. The van der Waals surface area contributed by atoms with Gasteiger partial charge >= 0.3 is 5.97 Å². The number of nitrogens with one attached hydrogen (secondary N) is 1. The van der Waals surface area contributed by atoms with E-state index in [1.807, 2.05) is 37.1 Å². The normalized spacial score (nSPS) is 26.5. The summed E-state index contributed by atoms with van der Waals surface area (Å²) in [5.41, 5.74) is 1.47. The molecule has 2 amide bonds. The first-order chi connectivity index (χ1) is 14.8. The van der Waals surface area contributed by atoms with Gasteiger partial charge in [0.1, 0.15) is 0 Å². The lowest BCUT2D eigenvalue weighted by Gasteiger charge is -2.44. The van der Waals surface area contributed by atoms with Crippen molar-refractivity contribution in [2.75, 3.05) is 38.6 Å². The van der Waals surface area contributed by atoms with E-state index < -0.39 is 11.5 Å². The highest BCUT2D eigenvalue weighted by Gasteiger charge is 2.53. The fourth-order valence-corrected chi connectivity index (χ4v) is 5.01. The van der Waals surface area contributed by atoms with Crippen LogP contribution in [0.3, 0.4) is 0 Å². The Morgan fingerprint density at radius 1 is 1.35 bits per heavy atom. The Morgan fingerprint density at radius 2 is 2.13 bits per heavy atom. The zero-order valence-corrected chi connectivity index (χ0v) is 18.2. The number of rotatable bonds is 6. The quantitative estimate of drug-likeness (QED) is 0.665. The van der Waals surface area contributed by atoms with Crippen LogP contribution in [0.1, 0.15) is 37.8 Å². The van der Waals surface area contributed by atoms with Gasteiger partial charge in [0.2, 0.25) is 5.91 Å². The van der Waals surface area contributed by atoms with Crippen LogP contribution in [-0.2, 0) is 24.7 Å². The molecule has 1 aliphatic carbocycles. The summed E-state index contributed by atoms with van der Waals surface area (Å²) < 4.78 is 4.98. The third-order valence-corrected chi connectivity index (χ3v) is 6.56. The molecule has 3 atom stereocenters. The number of hydrogen-bond donors (Lipinski definition) is 2. The molecule has 31 heavy (non-hydrogen) atoms. The average Bonchev–Trinajstić information content (AvgIpc) is 3.00. The van der Waals surface area contributed by atoms with Crippen LogP contribution in [0.15, 0.2) is 24.3 Å². The molecule has 2 aliphatic heterocycles. The Hall–Kier alpha value is -2.71. The molecular formula is C23H29N3O5. The van der Waals surface area contributed by atoms with Gasteiger partial charge in [-0.25, -0.2) is 0 Å². The Morgan fingerprint density at radius 3 is 2.84 bits per heavy atom. The second kappa shape index (κ2) is 8.09.